The topological polar surface area (TPSA) is 35.5 Å². The molecule has 0 aliphatic rings. The van der Waals surface area contributed by atoms with E-state index in [0.29, 0.717) is 24.3 Å². The zero-order valence-electron chi connectivity index (χ0n) is 12.2. The molecule has 0 saturated heterocycles. The number of ether oxygens (including phenoxy) is 2. The molecular formula is C18H20O3. The van der Waals surface area contributed by atoms with E-state index in [1.54, 1.807) is 13.2 Å². The van der Waals surface area contributed by atoms with Crippen molar-refractivity contribution in [2.24, 2.45) is 0 Å². The molecule has 0 aliphatic heterocycles. The summed E-state index contributed by atoms with van der Waals surface area (Å²) in [5, 5.41) is 0. The Morgan fingerprint density at radius 1 is 0.952 bits per heavy atom. The second kappa shape index (κ2) is 8.10. The van der Waals surface area contributed by atoms with Gasteiger partial charge in [0.05, 0.1) is 13.7 Å². The van der Waals surface area contributed by atoms with Crippen molar-refractivity contribution in [2.45, 2.75) is 19.3 Å². The van der Waals surface area contributed by atoms with E-state index in [4.69, 9.17) is 9.47 Å². The fraction of sp³-hybridized carbons (Fsp3) is 0.278. The lowest BCUT2D eigenvalue weighted by atomic mass is 10.1. The molecule has 0 aromatic heterocycles. The van der Waals surface area contributed by atoms with Crippen molar-refractivity contribution in [3.63, 3.8) is 0 Å². The third kappa shape index (κ3) is 4.95. The summed E-state index contributed by atoms with van der Waals surface area (Å²) in [6, 6.07) is 17.0. The van der Waals surface area contributed by atoms with E-state index in [-0.39, 0.29) is 5.78 Å². The van der Waals surface area contributed by atoms with Crippen molar-refractivity contribution in [1.82, 2.24) is 0 Å². The molecule has 0 N–H and O–H groups in total. The highest BCUT2D eigenvalue weighted by atomic mass is 16.5. The molecule has 0 fully saturated rings. The van der Waals surface area contributed by atoms with Crippen LogP contribution in [-0.4, -0.2) is 19.5 Å². The third-order valence-corrected chi connectivity index (χ3v) is 3.20. The summed E-state index contributed by atoms with van der Waals surface area (Å²) in [7, 11) is 1.60. The van der Waals surface area contributed by atoms with Gasteiger partial charge in [-0.05, 0) is 37.1 Å². The molecule has 0 saturated carbocycles. The molecule has 0 atom stereocenters. The number of para-hydroxylation sites is 1. The van der Waals surface area contributed by atoms with Gasteiger partial charge in [0.1, 0.15) is 11.5 Å². The number of ketones is 1. The number of hydrogen-bond donors (Lipinski definition) is 0. The lowest BCUT2D eigenvalue weighted by Gasteiger charge is -2.06. The molecule has 0 unspecified atom stereocenters. The highest BCUT2D eigenvalue weighted by molar-refractivity contribution is 5.96. The van der Waals surface area contributed by atoms with Crippen LogP contribution in [0.5, 0.6) is 11.5 Å². The van der Waals surface area contributed by atoms with Crippen molar-refractivity contribution in [3.05, 3.63) is 60.2 Å². The summed E-state index contributed by atoms with van der Waals surface area (Å²) in [4.78, 5) is 12.0. The molecule has 3 heteroatoms. The van der Waals surface area contributed by atoms with Crippen molar-refractivity contribution < 1.29 is 14.3 Å². The van der Waals surface area contributed by atoms with E-state index in [1.165, 1.54) is 0 Å². The Morgan fingerprint density at radius 3 is 2.48 bits per heavy atom. The number of carbonyl (C=O) groups excluding carboxylic acids is 1. The van der Waals surface area contributed by atoms with Gasteiger partial charge in [0.2, 0.25) is 0 Å². The summed E-state index contributed by atoms with van der Waals surface area (Å²) in [6.07, 6.45) is 2.22. The summed E-state index contributed by atoms with van der Waals surface area (Å²) in [6.45, 7) is 0.634. The van der Waals surface area contributed by atoms with Gasteiger partial charge in [-0.3, -0.25) is 4.79 Å². The summed E-state index contributed by atoms with van der Waals surface area (Å²) in [5.41, 5.74) is 0.707. The molecule has 110 valence electrons. The van der Waals surface area contributed by atoms with Gasteiger partial charge in [0.25, 0.3) is 0 Å². The van der Waals surface area contributed by atoms with Crippen LogP contribution >= 0.6 is 0 Å². The van der Waals surface area contributed by atoms with E-state index in [0.717, 1.165) is 18.6 Å². The first-order chi connectivity index (χ1) is 10.3. The molecule has 2 aromatic carbocycles. The Morgan fingerprint density at radius 2 is 1.71 bits per heavy atom. The molecule has 3 nitrogen and oxygen atoms in total. The van der Waals surface area contributed by atoms with Gasteiger partial charge >= 0.3 is 0 Å². The van der Waals surface area contributed by atoms with Gasteiger partial charge in [-0.15, -0.1) is 0 Å². The first-order valence-corrected chi connectivity index (χ1v) is 7.14. The normalized spacial score (nSPS) is 10.1. The smallest absolute Gasteiger partial charge is 0.163 e. The third-order valence-electron chi connectivity index (χ3n) is 3.20. The van der Waals surface area contributed by atoms with E-state index in [1.807, 2.05) is 48.5 Å². The predicted octanol–water partition coefficient (Wildman–Crippen LogP) is 4.13. The SMILES string of the molecule is COc1cccc(C(=O)CCCCOc2ccccc2)c1. The van der Waals surface area contributed by atoms with Crippen LogP contribution in [0.3, 0.4) is 0 Å². The standard InChI is InChI=1S/C18H20O3/c1-20-17-11-7-8-15(14-17)18(19)12-5-6-13-21-16-9-3-2-4-10-16/h2-4,7-11,14H,5-6,12-13H2,1H3. The van der Waals surface area contributed by atoms with Crippen molar-refractivity contribution >= 4 is 5.78 Å². The first-order valence-electron chi connectivity index (χ1n) is 7.14. The molecule has 0 amide bonds. The van der Waals surface area contributed by atoms with Gasteiger partial charge in [0, 0.05) is 12.0 Å². The maximum atomic E-state index is 12.0. The molecule has 2 rings (SSSR count). The Kier molecular flexibility index (Phi) is 5.83. The molecule has 0 bridgehead atoms. The molecule has 2 aromatic rings. The number of methoxy groups -OCH3 is 1. The number of unbranched alkanes of at least 4 members (excludes halogenated alkanes) is 1. The maximum Gasteiger partial charge on any atom is 0.163 e. The Labute approximate surface area is 125 Å². The minimum atomic E-state index is 0.147. The molecule has 0 heterocycles. The van der Waals surface area contributed by atoms with Crippen LogP contribution in [0.15, 0.2) is 54.6 Å². The van der Waals surface area contributed by atoms with Gasteiger partial charge < -0.3 is 9.47 Å². The predicted molar refractivity (Wildman–Crippen MR) is 83.1 cm³/mol. The number of hydrogen-bond acceptors (Lipinski definition) is 3. The van der Waals surface area contributed by atoms with Gasteiger partial charge in [-0.1, -0.05) is 30.3 Å². The number of carbonyl (C=O) groups is 1. The second-order valence-corrected chi connectivity index (χ2v) is 4.77. The largest absolute Gasteiger partial charge is 0.497 e. The summed E-state index contributed by atoms with van der Waals surface area (Å²) < 4.78 is 10.7. The lowest BCUT2D eigenvalue weighted by molar-refractivity contribution is 0.0977. The highest BCUT2D eigenvalue weighted by Crippen LogP contribution is 2.15. The van der Waals surface area contributed by atoms with E-state index in [2.05, 4.69) is 0 Å². The lowest BCUT2D eigenvalue weighted by Crippen LogP contribution is -2.02. The van der Waals surface area contributed by atoms with Crippen LogP contribution in [0.1, 0.15) is 29.6 Å². The van der Waals surface area contributed by atoms with Crippen molar-refractivity contribution in [1.29, 1.82) is 0 Å². The number of rotatable bonds is 8. The molecule has 21 heavy (non-hydrogen) atoms. The molecule has 0 aliphatic carbocycles. The van der Waals surface area contributed by atoms with E-state index < -0.39 is 0 Å². The monoisotopic (exact) mass is 284 g/mol. The zero-order valence-corrected chi connectivity index (χ0v) is 12.2. The average Bonchev–Trinajstić information content (AvgIpc) is 2.55. The van der Waals surface area contributed by atoms with Crippen LogP contribution in [0.2, 0.25) is 0 Å². The molecular weight excluding hydrogens is 264 g/mol. The fourth-order valence-electron chi connectivity index (χ4n) is 2.04. The Bertz CT molecular complexity index is 564. The number of benzene rings is 2. The molecule has 0 spiro atoms. The minimum Gasteiger partial charge on any atom is -0.497 e. The second-order valence-electron chi connectivity index (χ2n) is 4.77. The fourth-order valence-corrected chi connectivity index (χ4v) is 2.04. The van der Waals surface area contributed by atoms with Gasteiger partial charge in [-0.25, -0.2) is 0 Å². The Balaban J connectivity index is 1.69. The summed E-state index contributed by atoms with van der Waals surface area (Å²) in [5.74, 6) is 1.73. The minimum absolute atomic E-state index is 0.147. The molecule has 0 radical (unpaired) electrons. The van der Waals surface area contributed by atoms with Crippen LogP contribution in [0, 0.1) is 0 Å². The maximum absolute atomic E-state index is 12.0. The zero-order chi connectivity index (χ0) is 14.9. The number of Topliss-reactive ketones (excluding diaryl/α,β-unsaturated/α-hetero) is 1. The van der Waals surface area contributed by atoms with Gasteiger partial charge in [0.15, 0.2) is 5.78 Å². The first kappa shape index (κ1) is 15.1. The average molecular weight is 284 g/mol. The van der Waals surface area contributed by atoms with E-state index in [9.17, 15) is 4.79 Å². The Hall–Kier alpha value is -2.29. The van der Waals surface area contributed by atoms with Crippen molar-refractivity contribution in [3.8, 4) is 11.5 Å². The quantitative estimate of drug-likeness (QED) is 0.540. The highest BCUT2D eigenvalue weighted by Gasteiger charge is 2.06. The van der Waals surface area contributed by atoms with Crippen LogP contribution in [0.4, 0.5) is 0 Å². The van der Waals surface area contributed by atoms with Crippen LogP contribution in [-0.2, 0) is 0 Å². The van der Waals surface area contributed by atoms with Gasteiger partial charge in [-0.2, -0.15) is 0 Å². The van der Waals surface area contributed by atoms with Crippen LogP contribution < -0.4 is 9.47 Å². The summed E-state index contributed by atoms with van der Waals surface area (Å²) >= 11 is 0. The van der Waals surface area contributed by atoms with E-state index >= 15 is 0 Å². The van der Waals surface area contributed by atoms with Crippen molar-refractivity contribution in [2.75, 3.05) is 13.7 Å². The van der Waals surface area contributed by atoms with Crippen LogP contribution in [0.25, 0.3) is 0 Å².